The first-order chi connectivity index (χ1) is 9.13. The van der Waals surface area contributed by atoms with Gasteiger partial charge in [0.05, 0.1) is 10.5 Å². The van der Waals surface area contributed by atoms with Gasteiger partial charge >= 0.3 is 0 Å². The van der Waals surface area contributed by atoms with Gasteiger partial charge < -0.3 is 0 Å². The summed E-state index contributed by atoms with van der Waals surface area (Å²) in [6, 6.07) is 9.20. The summed E-state index contributed by atoms with van der Waals surface area (Å²) in [5.74, 6) is -1.77. The second-order valence-electron chi connectivity index (χ2n) is 3.84. The highest BCUT2D eigenvalue weighted by molar-refractivity contribution is 9.10. The van der Waals surface area contributed by atoms with Crippen molar-refractivity contribution in [3.8, 4) is 6.07 Å². The van der Waals surface area contributed by atoms with E-state index in [1.54, 1.807) is 18.3 Å². The zero-order valence-corrected chi connectivity index (χ0v) is 11.3. The van der Waals surface area contributed by atoms with Gasteiger partial charge in [0.15, 0.2) is 5.78 Å². The van der Waals surface area contributed by atoms with Crippen LogP contribution in [0.1, 0.15) is 21.8 Å². The lowest BCUT2D eigenvalue weighted by molar-refractivity contribution is 0.0978. The molecule has 0 N–H and O–H groups in total. The molecular formula is C14H8BrFN2O. The first kappa shape index (κ1) is 13.4. The molecule has 1 heterocycles. The van der Waals surface area contributed by atoms with Crippen molar-refractivity contribution in [3.05, 3.63) is 64.1 Å². The Balaban J connectivity index is 2.37. The number of rotatable bonds is 3. The highest BCUT2D eigenvalue weighted by atomic mass is 79.9. The van der Waals surface area contributed by atoms with Crippen LogP contribution in [0.5, 0.6) is 0 Å². The smallest absolute Gasteiger partial charge is 0.184 e. The lowest BCUT2D eigenvalue weighted by atomic mass is 9.93. The molecular weight excluding hydrogens is 311 g/mol. The van der Waals surface area contributed by atoms with Crippen LogP contribution in [0.15, 0.2) is 47.2 Å². The summed E-state index contributed by atoms with van der Waals surface area (Å²) in [7, 11) is 0. The molecule has 5 heteroatoms. The van der Waals surface area contributed by atoms with E-state index in [0.29, 0.717) is 5.56 Å². The van der Waals surface area contributed by atoms with Crippen LogP contribution in [0.25, 0.3) is 0 Å². The zero-order chi connectivity index (χ0) is 13.8. The molecule has 0 aliphatic rings. The molecule has 2 aromatic rings. The quantitative estimate of drug-likeness (QED) is 0.814. The Labute approximate surface area is 117 Å². The summed E-state index contributed by atoms with van der Waals surface area (Å²) in [5, 5.41) is 9.15. The van der Waals surface area contributed by atoms with Crippen molar-refractivity contribution in [1.82, 2.24) is 4.98 Å². The van der Waals surface area contributed by atoms with Crippen molar-refractivity contribution in [2.75, 3.05) is 0 Å². The van der Waals surface area contributed by atoms with Crippen LogP contribution in [0.3, 0.4) is 0 Å². The highest BCUT2D eigenvalue weighted by Gasteiger charge is 2.22. The van der Waals surface area contributed by atoms with Gasteiger partial charge in [0, 0.05) is 18.0 Å². The summed E-state index contributed by atoms with van der Waals surface area (Å²) < 4.78 is 13.3. The predicted octanol–water partition coefficient (Wildman–Crippen LogP) is 3.47. The fraction of sp³-hybridized carbons (Fsp3) is 0.0714. The van der Waals surface area contributed by atoms with Crippen LogP contribution >= 0.6 is 15.9 Å². The fourth-order valence-electron chi connectivity index (χ4n) is 1.65. The number of ketones is 1. The van der Waals surface area contributed by atoms with Crippen LogP contribution in [0.4, 0.5) is 4.39 Å². The molecule has 0 amide bonds. The van der Waals surface area contributed by atoms with E-state index in [1.807, 2.05) is 6.07 Å². The SMILES string of the molecule is N#CC(C(=O)c1ccc(F)c(Br)c1)c1cccnc1. The molecule has 0 aliphatic carbocycles. The molecule has 0 radical (unpaired) electrons. The average Bonchev–Trinajstić information content (AvgIpc) is 2.44. The molecule has 0 aliphatic heterocycles. The molecule has 19 heavy (non-hydrogen) atoms. The standard InChI is InChI=1S/C14H8BrFN2O/c15-12-6-9(3-4-13(12)16)14(19)11(7-17)10-2-1-5-18-8-10/h1-6,8,11H. The number of aromatic nitrogens is 1. The Kier molecular flexibility index (Phi) is 4.03. The molecule has 1 aromatic heterocycles. The number of Topliss-reactive ketones (excluding diaryl/α,β-unsaturated/α-hetero) is 1. The first-order valence-corrected chi connectivity index (χ1v) is 6.21. The topological polar surface area (TPSA) is 53.8 Å². The van der Waals surface area contributed by atoms with E-state index < -0.39 is 11.7 Å². The number of pyridine rings is 1. The summed E-state index contributed by atoms with van der Waals surface area (Å²) in [4.78, 5) is 16.1. The Morgan fingerprint density at radius 1 is 1.42 bits per heavy atom. The number of halogens is 2. The van der Waals surface area contributed by atoms with Gasteiger partial charge in [0.1, 0.15) is 11.7 Å². The molecule has 1 aromatic carbocycles. The summed E-state index contributed by atoms with van der Waals surface area (Å²) in [6.45, 7) is 0. The Morgan fingerprint density at radius 3 is 2.79 bits per heavy atom. The zero-order valence-electron chi connectivity index (χ0n) is 9.68. The number of hydrogen-bond acceptors (Lipinski definition) is 3. The maximum absolute atomic E-state index is 13.1. The third-order valence-corrected chi connectivity index (χ3v) is 3.22. The van der Waals surface area contributed by atoms with Crippen LogP contribution in [-0.2, 0) is 0 Å². The molecule has 0 saturated carbocycles. The second-order valence-corrected chi connectivity index (χ2v) is 4.70. The molecule has 3 nitrogen and oxygen atoms in total. The number of carbonyl (C=O) groups is 1. The van der Waals surface area contributed by atoms with Gasteiger partial charge in [-0.3, -0.25) is 9.78 Å². The molecule has 0 fully saturated rings. The van der Waals surface area contributed by atoms with Crippen molar-refractivity contribution in [2.24, 2.45) is 0 Å². The van der Waals surface area contributed by atoms with E-state index >= 15 is 0 Å². The summed E-state index contributed by atoms with van der Waals surface area (Å²) >= 11 is 3.02. The van der Waals surface area contributed by atoms with Gasteiger partial charge in [0.25, 0.3) is 0 Å². The van der Waals surface area contributed by atoms with Crippen molar-refractivity contribution in [3.63, 3.8) is 0 Å². The fourth-order valence-corrected chi connectivity index (χ4v) is 2.03. The largest absolute Gasteiger partial charge is 0.292 e. The molecule has 0 bridgehead atoms. The molecule has 0 saturated heterocycles. The predicted molar refractivity (Wildman–Crippen MR) is 71.0 cm³/mol. The summed E-state index contributed by atoms with van der Waals surface area (Å²) in [6.07, 6.45) is 3.04. The molecule has 94 valence electrons. The van der Waals surface area contributed by atoms with Gasteiger partial charge in [0.2, 0.25) is 0 Å². The minimum absolute atomic E-state index is 0.196. The Morgan fingerprint density at radius 2 is 2.21 bits per heavy atom. The average molecular weight is 319 g/mol. The normalized spacial score (nSPS) is 11.6. The van der Waals surface area contributed by atoms with E-state index in [2.05, 4.69) is 20.9 Å². The van der Waals surface area contributed by atoms with Crippen molar-refractivity contribution in [1.29, 1.82) is 5.26 Å². The van der Waals surface area contributed by atoms with Gasteiger partial charge in [-0.1, -0.05) is 6.07 Å². The van der Waals surface area contributed by atoms with Crippen LogP contribution in [-0.4, -0.2) is 10.8 Å². The van der Waals surface area contributed by atoms with Crippen LogP contribution < -0.4 is 0 Å². The molecule has 1 unspecified atom stereocenters. The number of carbonyl (C=O) groups excluding carboxylic acids is 1. The second kappa shape index (κ2) is 5.72. The van der Waals surface area contributed by atoms with Crippen molar-refractivity contribution >= 4 is 21.7 Å². The molecule has 1 atom stereocenters. The number of benzene rings is 1. The van der Waals surface area contributed by atoms with Crippen molar-refractivity contribution < 1.29 is 9.18 Å². The minimum atomic E-state index is -0.939. The Hall–Kier alpha value is -2.06. The van der Waals surface area contributed by atoms with Gasteiger partial charge in [-0.05, 0) is 45.8 Å². The lowest BCUT2D eigenvalue weighted by Gasteiger charge is -2.08. The number of hydrogen-bond donors (Lipinski definition) is 0. The van der Waals surface area contributed by atoms with Gasteiger partial charge in [-0.2, -0.15) is 5.26 Å². The van der Waals surface area contributed by atoms with Crippen LogP contribution in [0.2, 0.25) is 0 Å². The number of nitrogens with zero attached hydrogens (tertiary/aromatic N) is 2. The number of nitriles is 1. The third-order valence-electron chi connectivity index (χ3n) is 2.61. The van der Waals surface area contributed by atoms with E-state index in [-0.39, 0.29) is 15.8 Å². The maximum atomic E-state index is 13.1. The minimum Gasteiger partial charge on any atom is -0.292 e. The monoisotopic (exact) mass is 318 g/mol. The van der Waals surface area contributed by atoms with E-state index in [4.69, 9.17) is 5.26 Å². The molecule has 0 spiro atoms. The highest BCUT2D eigenvalue weighted by Crippen LogP contribution is 2.23. The maximum Gasteiger partial charge on any atom is 0.184 e. The van der Waals surface area contributed by atoms with Gasteiger partial charge in [-0.15, -0.1) is 0 Å². The van der Waals surface area contributed by atoms with Crippen molar-refractivity contribution in [2.45, 2.75) is 5.92 Å². The first-order valence-electron chi connectivity index (χ1n) is 5.42. The van der Waals surface area contributed by atoms with Gasteiger partial charge in [-0.25, -0.2) is 4.39 Å². The van der Waals surface area contributed by atoms with E-state index in [0.717, 1.165) is 0 Å². The van der Waals surface area contributed by atoms with Crippen LogP contribution in [0, 0.1) is 17.1 Å². The van der Waals surface area contributed by atoms with E-state index in [1.165, 1.54) is 24.4 Å². The Bertz CT molecular complexity index is 652. The summed E-state index contributed by atoms with van der Waals surface area (Å²) in [5.41, 5.74) is 0.805. The lowest BCUT2D eigenvalue weighted by Crippen LogP contribution is -2.11. The molecule has 2 rings (SSSR count). The third kappa shape index (κ3) is 2.85. The van der Waals surface area contributed by atoms with E-state index in [9.17, 15) is 9.18 Å².